The van der Waals surface area contributed by atoms with Crippen LogP contribution in [-0.2, 0) is 9.47 Å². The van der Waals surface area contributed by atoms with Gasteiger partial charge in [-0.3, -0.25) is 4.79 Å². The average Bonchev–Trinajstić information content (AvgIpc) is 2.66. The minimum Gasteiger partial charge on any atom is -0.472 e. The molecule has 0 unspecified atom stereocenters. The van der Waals surface area contributed by atoms with Gasteiger partial charge in [0.05, 0.1) is 18.2 Å². The van der Waals surface area contributed by atoms with Crippen LogP contribution in [0.25, 0.3) is 0 Å². The second-order valence-corrected chi connectivity index (χ2v) is 2.54. The molecule has 0 fully saturated rings. The summed E-state index contributed by atoms with van der Waals surface area (Å²) >= 11 is 0. The summed E-state index contributed by atoms with van der Waals surface area (Å²) in [6, 6.07) is 1.62. The Bertz CT molecular complexity index is 249. The first-order chi connectivity index (χ1) is 6.27. The number of hydrogen-bond donors (Lipinski definition) is 0. The van der Waals surface area contributed by atoms with Crippen molar-refractivity contribution in [2.75, 3.05) is 14.2 Å². The quantitative estimate of drug-likeness (QED) is 0.513. The van der Waals surface area contributed by atoms with Crippen molar-refractivity contribution < 1.29 is 18.7 Å². The summed E-state index contributed by atoms with van der Waals surface area (Å²) in [6.45, 7) is 0. The summed E-state index contributed by atoms with van der Waals surface area (Å²) in [5.74, 6) is -0.0533. The Morgan fingerprint density at radius 3 is 2.69 bits per heavy atom. The molecule has 1 heterocycles. The van der Waals surface area contributed by atoms with Crippen LogP contribution in [0.1, 0.15) is 16.8 Å². The highest BCUT2D eigenvalue weighted by Gasteiger charge is 2.14. The zero-order valence-corrected chi connectivity index (χ0v) is 7.65. The number of ether oxygens (including phenoxy) is 2. The molecular weight excluding hydrogens is 172 g/mol. The van der Waals surface area contributed by atoms with Gasteiger partial charge in [-0.05, 0) is 6.07 Å². The Labute approximate surface area is 76.4 Å². The molecule has 4 nitrogen and oxygen atoms in total. The fraction of sp³-hybridized carbons (Fsp3) is 0.444. The topological polar surface area (TPSA) is 48.7 Å². The standard InChI is InChI=1S/C9H12O4/c1-11-9(12-2)5-8(10)7-3-4-13-6-7/h3-4,6,9H,5H2,1-2H3. The molecule has 0 saturated carbocycles. The summed E-state index contributed by atoms with van der Waals surface area (Å²) in [5, 5.41) is 0. The second kappa shape index (κ2) is 4.79. The number of ketones is 1. The van der Waals surface area contributed by atoms with Crippen LogP contribution in [-0.4, -0.2) is 26.3 Å². The number of hydrogen-bond acceptors (Lipinski definition) is 4. The van der Waals surface area contributed by atoms with Gasteiger partial charge in [-0.2, -0.15) is 0 Å². The highest BCUT2D eigenvalue weighted by Crippen LogP contribution is 2.08. The van der Waals surface area contributed by atoms with E-state index < -0.39 is 6.29 Å². The first kappa shape index (κ1) is 9.95. The number of Topliss-reactive ketones (excluding diaryl/α,β-unsaturated/α-hetero) is 1. The van der Waals surface area contributed by atoms with Gasteiger partial charge >= 0.3 is 0 Å². The van der Waals surface area contributed by atoms with E-state index in [4.69, 9.17) is 13.9 Å². The zero-order valence-electron chi connectivity index (χ0n) is 7.65. The van der Waals surface area contributed by atoms with Crippen LogP contribution in [0.5, 0.6) is 0 Å². The number of methoxy groups -OCH3 is 2. The SMILES string of the molecule is COC(CC(=O)c1ccoc1)OC. The molecule has 0 N–H and O–H groups in total. The maximum absolute atomic E-state index is 11.4. The summed E-state index contributed by atoms with van der Waals surface area (Å²) in [7, 11) is 2.99. The molecular formula is C9H12O4. The number of rotatable bonds is 5. The van der Waals surface area contributed by atoms with Crippen LogP contribution < -0.4 is 0 Å². The molecule has 0 spiro atoms. The lowest BCUT2D eigenvalue weighted by atomic mass is 10.1. The Balaban J connectivity index is 2.50. The van der Waals surface area contributed by atoms with Crippen molar-refractivity contribution in [2.24, 2.45) is 0 Å². The molecule has 72 valence electrons. The van der Waals surface area contributed by atoms with E-state index in [1.54, 1.807) is 6.07 Å². The normalized spacial score (nSPS) is 10.7. The third-order valence-corrected chi connectivity index (χ3v) is 1.72. The highest BCUT2D eigenvalue weighted by atomic mass is 16.7. The summed E-state index contributed by atoms with van der Waals surface area (Å²) in [6.07, 6.45) is 2.58. The van der Waals surface area contributed by atoms with Crippen molar-refractivity contribution in [1.29, 1.82) is 0 Å². The largest absolute Gasteiger partial charge is 0.472 e. The van der Waals surface area contributed by atoms with Crippen LogP contribution in [0.2, 0.25) is 0 Å². The van der Waals surface area contributed by atoms with Crippen molar-refractivity contribution >= 4 is 5.78 Å². The summed E-state index contributed by atoms with van der Waals surface area (Å²) in [5.41, 5.74) is 0.541. The Kier molecular flexibility index (Phi) is 3.67. The van der Waals surface area contributed by atoms with Gasteiger partial charge in [0.25, 0.3) is 0 Å². The fourth-order valence-corrected chi connectivity index (χ4v) is 0.955. The molecule has 0 radical (unpaired) electrons. The molecule has 4 heteroatoms. The molecule has 0 aliphatic carbocycles. The number of carbonyl (C=O) groups excluding carboxylic acids is 1. The molecule has 0 amide bonds. The van der Waals surface area contributed by atoms with E-state index in [0.29, 0.717) is 5.56 Å². The molecule has 0 aliphatic heterocycles. The highest BCUT2D eigenvalue weighted by molar-refractivity contribution is 5.95. The molecule has 0 atom stereocenters. The van der Waals surface area contributed by atoms with Crippen molar-refractivity contribution in [3.8, 4) is 0 Å². The Hall–Kier alpha value is -1.13. The molecule has 0 aromatic carbocycles. The summed E-state index contributed by atoms with van der Waals surface area (Å²) in [4.78, 5) is 11.4. The molecule has 1 aromatic heterocycles. The van der Waals surface area contributed by atoms with Gasteiger partial charge in [-0.15, -0.1) is 0 Å². The minimum absolute atomic E-state index is 0.0533. The van der Waals surface area contributed by atoms with Gasteiger partial charge in [-0.1, -0.05) is 0 Å². The van der Waals surface area contributed by atoms with Crippen molar-refractivity contribution in [1.82, 2.24) is 0 Å². The molecule has 1 rings (SSSR count). The third-order valence-electron chi connectivity index (χ3n) is 1.72. The molecule has 1 aromatic rings. The van der Waals surface area contributed by atoms with Gasteiger partial charge in [0.2, 0.25) is 0 Å². The Morgan fingerprint density at radius 1 is 1.54 bits per heavy atom. The van der Waals surface area contributed by atoms with E-state index >= 15 is 0 Å². The molecule has 0 aliphatic rings. The first-order valence-electron chi connectivity index (χ1n) is 3.89. The smallest absolute Gasteiger partial charge is 0.171 e. The van der Waals surface area contributed by atoms with E-state index in [1.165, 1.54) is 26.7 Å². The Morgan fingerprint density at radius 2 is 2.23 bits per heavy atom. The second-order valence-electron chi connectivity index (χ2n) is 2.54. The van der Waals surface area contributed by atoms with E-state index in [9.17, 15) is 4.79 Å². The number of carbonyl (C=O) groups is 1. The molecule has 0 bridgehead atoms. The maximum atomic E-state index is 11.4. The van der Waals surface area contributed by atoms with E-state index in [0.717, 1.165) is 0 Å². The maximum Gasteiger partial charge on any atom is 0.171 e. The van der Waals surface area contributed by atoms with Crippen LogP contribution in [0, 0.1) is 0 Å². The predicted octanol–water partition coefficient (Wildman–Crippen LogP) is 1.47. The van der Waals surface area contributed by atoms with Crippen LogP contribution in [0.15, 0.2) is 23.0 Å². The van der Waals surface area contributed by atoms with E-state index in [2.05, 4.69) is 0 Å². The average molecular weight is 184 g/mol. The predicted molar refractivity (Wildman–Crippen MR) is 45.5 cm³/mol. The lowest BCUT2D eigenvalue weighted by molar-refractivity contribution is -0.0993. The van der Waals surface area contributed by atoms with Gasteiger partial charge in [0.15, 0.2) is 12.1 Å². The lowest BCUT2D eigenvalue weighted by Gasteiger charge is -2.10. The van der Waals surface area contributed by atoms with Gasteiger partial charge in [-0.25, -0.2) is 0 Å². The van der Waals surface area contributed by atoms with Gasteiger partial charge < -0.3 is 13.9 Å². The molecule has 0 saturated heterocycles. The lowest BCUT2D eigenvalue weighted by Crippen LogP contribution is -2.17. The van der Waals surface area contributed by atoms with Crippen LogP contribution in [0.4, 0.5) is 0 Å². The van der Waals surface area contributed by atoms with Crippen molar-refractivity contribution in [3.63, 3.8) is 0 Å². The number of furan rings is 1. The first-order valence-corrected chi connectivity index (χ1v) is 3.89. The molecule has 13 heavy (non-hydrogen) atoms. The van der Waals surface area contributed by atoms with Gasteiger partial charge in [0.1, 0.15) is 6.26 Å². The summed E-state index contributed by atoms with van der Waals surface area (Å²) < 4.78 is 14.6. The fourth-order valence-electron chi connectivity index (χ4n) is 0.955. The monoisotopic (exact) mass is 184 g/mol. The van der Waals surface area contributed by atoms with Crippen molar-refractivity contribution in [3.05, 3.63) is 24.2 Å². The van der Waals surface area contributed by atoms with Crippen LogP contribution >= 0.6 is 0 Å². The van der Waals surface area contributed by atoms with Crippen molar-refractivity contribution in [2.45, 2.75) is 12.7 Å². The zero-order chi connectivity index (χ0) is 9.68. The minimum atomic E-state index is -0.484. The van der Waals surface area contributed by atoms with Crippen LogP contribution in [0.3, 0.4) is 0 Å². The van der Waals surface area contributed by atoms with E-state index in [-0.39, 0.29) is 12.2 Å². The van der Waals surface area contributed by atoms with Gasteiger partial charge in [0, 0.05) is 14.2 Å². The van der Waals surface area contributed by atoms with E-state index in [1.807, 2.05) is 0 Å². The third kappa shape index (κ3) is 2.68.